The number of aryl methyl sites for hydroxylation is 6. The number of hydrogen-bond acceptors (Lipinski definition) is 4. The van der Waals surface area contributed by atoms with E-state index < -0.39 is 5.97 Å². The van der Waals surface area contributed by atoms with Gasteiger partial charge in [0, 0.05) is 70.7 Å². The van der Waals surface area contributed by atoms with Gasteiger partial charge in [0.1, 0.15) is 11.4 Å². The zero-order chi connectivity index (χ0) is 36.5. The van der Waals surface area contributed by atoms with Gasteiger partial charge >= 0.3 is 5.97 Å². The van der Waals surface area contributed by atoms with Gasteiger partial charge < -0.3 is 23.9 Å². The number of rotatable bonds is 9. The van der Waals surface area contributed by atoms with E-state index >= 15 is 0 Å². The van der Waals surface area contributed by atoms with Crippen molar-refractivity contribution in [1.29, 1.82) is 0 Å². The third-order valence-electron chi connectivity index (χ3n) is 10.3. The fraction of sp³-hybridized carbons (Fsp3) is 0.325. The second kappa shape index (κ2) is 13.1. The summed E-state index contributed by atoms with van der Waals surface area (Å²) in [5.41, 5.74) is 9.45. The van der Waals surface area contributed by atoms with Gasteiger partial charge in [-0.25, -0.2) is 4.79 Å². The number of ether oxygens (including phenoxy) is 1. The summed E-state index contributed by atoms with van der Waals surface area (Å²) in [6, 6.07) is 13.0. The molecular weight excluding hydrogens is 685 g/mol. The van der Waals surface area contributed by atoms with Crippen molar-refractivity contribution in [3.8, 4) is 16.9 Å². The predicted octanol–water partition coefficient (Wildman–Crippen LogP) is 9.49. The Bertz CT molecular complexity index is 2380. The van der Waals surface area contributed by atoms with Crippen LogP contribution in [0.15, 0.2) is 48.7 Å². The number of carboxylic acids is 1. The fourth-order valence-corrected chi connectivity index (χ4v) is 8.20. The summed E-state index contributed by atoms with van der Waals surface area (Å²) in [5.74, 6) is -0.459. The van der Waals surface area contributed by atoms with Gasteiger partial charge in [0.15, 0.2) is 0 Å². The number of nitrogens with zero attached hydrogens (tertiary/aromatic N) is 5. The summed E-state index contributed by atoms with van der Waals surface area (Å²) in [6.45, 7) is 13.5. The highest BCUT2D eigenvalue weighted by Gasteiger charge is 2.37. The Balaban J connectivity index is 1.38. The minimum Gasteiger partial charge on any atom is -0.494 e. The molecule has 1 unspecified atom stereocenters. The summed E-state index contributed by atoms with van der Waals surface area (Å²) in [5, 5.41) is 17.8. The molecule has 0 bridgehead atoms. The number of anilines is 1. The number of amides is 1. The Labute approximate surface area is 306 Å². The van der Waals surface area contributed by atoms with E-state index in [4.69, 9.17) is 33.0 Å². The largest absolute Gasteiger partial charge is 0.494 e. The van der Waals surface area contributed by atoms with Crippen molar-refractivity contribution in [2.24, 2.45) is 7.05 Å². The number of benzene rings is 3. The maximum absolute atomic E-state index is 15.0. The van der Waals surface area contributed by atoms with Crippen LogP contribution in [0.5, 0.6) is 5.75 Å². The van der Waals surface area contributed by atoms with E-state index in [1.165, 1.54) is 0 Å². The maximum Gasteiger partial charge on any atom is 0.336 e. The summed E-state index contributed by atoms with van der Waals surface area (Å²) in [7, 11) is 1.92. The summed E-state index contributed by atoms with van der Waals surface area (Å²) < 4.78 is 12.2. The molecule has 0 spiro atoms. The molecule has 11 heteroatoms. The molecule has 1 atom stereocenters. The molecule has 0 radical (unpaired) electrons. The van der Waals surface area contributed by atoms with Crippen molar-refractivity contribution in [3.05, 3.63) is 98.0 Å². The van der Waals surface area contributed by atoms with Crippen LogP contribution >= 0.6 is 23.2 Å². The lowest BCUT2D eigenvalue weighted by Gasteiger charge is -2.34. The quantitative estimate of drug-likeness (QED) is 0.150. The standard InChI is InChI=1S/C40H41Cl2N5O4/c1-8-45-14-13-28-31(40(49)50)18-26(19-33(28)45)46-20-23(4)47-37-30(11-12-32(41)35(37)34-24(5)43-44(7)25(34)6)29(38(47)39(46)48)10-9-15-51-27-16-21(2)36(42)22(3)17-27/h11-14,16-19,23H,8-10,15,20H2,1-7H3,(H,49,50). The first-order valence-corrected chi connectivity index (χ1v) is 18.0. The molecule has 3 aromatic heterocycles. The summed E-state index contributed by atoms with van der Waals surface area (Å²) >= 11 is 13.5. The molecule has 0 saturated carbocycles. The van der Waals surface area contributed by atoms with Gasteiger partial charge in [-0.15, -0.1) is 0 Å². The van der Waals surface area contributed by atoms with Crippen LogP contribution in [0, 0.1) is 27.7 Å². The molecule has 7 rings (SSSR count). The van der Waals surface area contributed by atoms with Gasteiger partial charge in [-0.2, -0.15) is 5.10 Å². The molecule has 51 heavy (non-hydrogen) atoms. The van der Waals surface area contributed by atoms with Crippen LogP contribution < -0.4 is 9.64 Å². The van der Waals surface area contributed by atoms with Crippen molar-refractivity contribution >= 4 is 62.6 Å². The van der Waals surface area contributed by atoms with Crippen LogP contribution in [0.3, 0.4) is 0 Å². The van der Waals surface area contributed by atoms with E-state index in [0.29, 0.717) is 54.3 Å². The molecule has 1 N–H and O–H groups in total. The summed E-state index contributed by atoms with van der Waals surface area (Å²) in [4.78, 5) is 29.2. The number of carboxylic acid groups (broad SMARTS) is 1. The molecule has 264 valence electrons. The third kappa shape index (κ3) is 5.67. The number of carbonyl (C=O) groups is 2. The van der Waals surface area contributed by atoms with Crippen molar-refractivity contribution in [3.63, 3.8) is 0 Å². The Kier molecular flexibility index (Phi) is 8.92. The monoisotopic (exact) mass is 725 g/mol. The highest BCUT2D eigenvalue weighted by Crippen LogP contribution is 2.45. The van der Waals surface area contributed by atoms with Gasteiger partial charge in [-0.05, 0) is 107 Å². The Morgan fingerprint density at radius 2 is 1.75 bits per heavy atom. The smallest absolute Gasteiger partial charge is 0.336 e. The first-order chi connectivity index (χ1) is 24.3. The normalized spacial score (nSPS) is 14.6. The number of carbonyl (C=O) groups excluding carboxylic acids is 1. The van der Waals surface area contributed by atoms with Crippen LogP contribution in [-0.4, -0.2) is 49.0 Å². The van der Waals surface area contributed by atoms with Crippen LogP contribution in [0.2, 0.25) is 10.0 Å². The minimum absolute atomic E-state index is 0.165. The molecule has 6 aromatic rings. The van der Waals surface area contributed by atoms with E-state index in [1.54, 1.807) is 11.0 Å². The van der Waals surface area contributed by atoms with Crippen LogP contribution in [0.1, 0.15) is 75.2 Å². The first-order valence-electron chi connectivity index (χ1n) is 17.3. The lowest BCUT2D eigenvalue weighted by molar-refractivity contribution is 0.0698. The van der Waals surface area contributed by atoms with E-state index in [-0.39, 0.29) is 17.5 Å². The average molecular weight is 727 g/mol. The van der Waals surface area contributed by atoms with Crippen LogP contribution in [0.25, 0.3) is 32.9 Å². The second-order valence-electron chi connectivity index (χ2n) is 13.6. The topological polar surface area (TPSA) is 94.5 Å². The number of aromatic nitrogens is 4. The van der Waals surface area contributed by atoms with Crippen molar-refractivity contribution in [2.45, 2.75) is 67.0 Å². The van der Waals surface area contributed by atoms with Crippen LogP contribution in [-0.2, 0) is 20.0 Å². The molecule has 0 fully saturated rings. The average Bonchev–Trinajstić information content (AvgIpc) is 3.74. The fourth-order valence-electron chi connectivity index (χ4n) is 7.84. The molecule has 3 aromatic carbocycles. The minimum atomic E-state index is -1.03. The number of fused-ring (bicyclic) bond motifs is 4. The Morgan fingerprint density at radius 1 is 1.02 bits per heavy atom. The first kappa shape index (κ1) is 34.7. The van der Waals surface area contributed by atoms with Gasteiger partial charge in [0.25, 0.3) is 5.91 Å². The van der Waals surface area contributed by atoms with E-state index in [9.17, 15) is 14.7 Å². The maximum atomic E-state index is 15.0. The van der Waals surface area contributed by atoms with Crippen molar-refractivity contribution < 1.29 is 19.4 Å². The summed E-state index contributed by atoms with van der Waals surface area (Å²) in [6.07, 6.45) is 3.11. The Hall–Kier alpha value is -4.73. The van der Waals surface area contributed by atoms with Crippen LogP contribution in [0.4, 0.5) is 5.69 Å². The van der Waals surface area contributed by atoms with Crippen molar-refractivity contribution in [2.75, 3.05) is 18.1 Å². The highest BCUT2D eigenvalue weighted by molar-refractivity contribution is 6.35. The number of halogens is 2. The molecule has 1 amide bonds. The van der Waals surface area contributed by atoms with Gasteiger partial charge in [0.2, 0.25) is 0 Å². The van der Waals surface area contributed by atoms with Gasteiger partial charge in [-0.3, -0.25) is 9.48 Å². The molecule has 9 nitrogen and oxygen atoms in total. The molecule has 1 aliphatic rings. The molecule has 0 saturated heterocycles. The Morgan fingerprint density at radius 3 is 2.39 bits per heavy atom. The van der Waals surface area contributed by atoms with E-state index in [0.717, 1.165) is 66.4 Å². The number of hydrogen-bond donors (Lipinski definition) is 1. The number of aromatic carboxylic acids is 1. The molecule has 1 aliphatic heterocycles. The predicted molar refractivity (Wildman–Crippen MR) is 204 cm³/mol. The lowest BCUT2D eigenvalue weighted by atomic mass is 9.98. The van der Waals surface area contributed by atoms with E-state index in [2.05, 4.69) is 11.5 Å². The zero-order valence-electron chi connectivity index (χ0n) is 29.9. The van der Waals surface area contributed by atoms with Gasteiger partial charge in [0.05, 0.1) is 33.9 Å². The third-order valence-corrected chi connectivity index (χ3v) is 11.2. The van der Waals surface area contributed by atoms with Crippen molar-refractivity contribution in [1.82, 2.24) is 18.9 Å². The van der Waals surface area contributed by atoms with Gasteiger partial charge in [-0.1, -0.05) is 29.3 Å². The zero-order valence-corrected chi connectivity index (χ0v) is 31.4. The lowest BCUT2D eigenvalue weighted by Crippen LogP contribution is -2.42. The second-order valence-corrected chi connectivity index (χ2v) is 14.4. The molecule has 4 heterocycles. The highest BCUT2D eigenvalue weighted by atomic mass is 35.5. The van der Waals surface area contributed by atoms with E-state index in [1.807, 2.05) is 93.5 Å². The molecule has 0 aliphatic carbocycles. The molecular formula is C40H41Cl2N5O4. The SMILES string of the molecule is CCn1ccc2c(C(=O)O)cc(N3CC(C)n4c(c(CCCOc5cc(C)c(Cl)c(C)c5)c5ccc(Cl)c(-c6c(C)nn(C)c6C)c54)C3=O)cc21.